The highest BCUT2D eigenvalue weighted by Gasteiger charge is 2.30. The summed E-state index contributed by atoms with van der Waals surface area (Å²) >= 11 is 1.39. The number of nitrogens with zero attached hydrogens (tertiary/aromatic N) is 1. The molecule has 1 heterocycles. The number of fused-ring (bicyclic) bond motifs is 1. The van der Waals surface area contributed by atoms with Gasteiger partial charge in [0.15, 0.2) is 0 Å². The van der Waals surface area contributed by atoms with Crippen molar-refractivity contribution in [2.45, 2.75) is 6.18 Å². The van der Waals surface area contributed by atoms with Crippen molar-refractivity contribution < 1.29 is 13.2 Å². The van der Waals surface area contributed by atoms with Crippen molar-refractivity contribution in [2.75, 3.05) is 0 Å². The Bertz CT molecular complexity index is 698. The van der Waals surface area contributed by atoms with E-state index in [1.165, 1.54) is 17.4 Å². The van der Waals surface area contributed by atoms with Crippen LogP contribution in [0.25, 0.3) is 20.8 Å². The Labute approximate surface area is 111 Å². The molecule has 3 rings (SSSR count). The summed E-state index contributed by atoms with van der Waals surface area (Å²) in [6, 6.07) is 12.8. The number of benzene rings is 2. The monoisotopic (exact) mass is 279 g/mol. The van der Waals surface area contributed by atoms with Gasteiger partial charge in [-0.15, -0.1) is 11.3 Å². The van der Waals surface area contributed by atoms with E-state index < -0.39 is 11.7 Å². The van der Waals surface area contributed by atoms with Gasteiger partial charge in [0.05, 0.1) is 15.8 Å². The molecule has 1 aromatic heterocycles. The number of alkyl halides is 3. The molecular weight excluding hydrogens is 271 g/mol. The molecule has 0 saturated carbocycles. The highest BCUT2D eigenvalue weighted by atomic mass is 32.1. The third kappa shape index (κ3) is 2.33. The Balaban J connectivity index is 2.11. The summed E-state index contributed by atoms with van der Waals surface area (Å²) in [5.74, 6) is 0. The molecule has 0 spiro atoms. The van der Waals surface area contributed by atoms with Crippen LogP contribution in [0, 0.1) is 0 Å². The van der Waals surface area contributed by atoms with E-state index in [9.17, 15) is 13.2 Å². The van der Waals surface area contributed by atoms with Crippen molar-refractivity contribution >= 4 is 21.6 Å². The quantitative estimate of drug-likeness (QED) is 0.612. The fraction of sp³-hybridized carbons (Fsp3) is 0.0714. The average molecular weight is 279 g/mol. The number of thiazole rings is 1. The van der Waals surface area contributed by atoms with Crippen LogP contribution >= 0.6 is 11.3 Å². The molecule has 0 atom stereocenters. The van der Waals surface area contributed by atoms with E-state index in [-0.39, 0.29) is 0 Å². The summed E-state index contributed by atoms with van der Waals surface area (Å²) in [6.07, 6.45) is -4.33. The highest BCUT2D eigenvalue weighted by Crippen LogP contribution is 2.34. The Hall–Kier alpha value is -1.88. The van der Waals surface area contributed by atoms with Crippen molar-refractivity contribution in [2.24, 2.45) is 0 Å². The number of hydrogen-bond donors (Lipinski definition) is 0. The SMILES string of the molecule is FC(F)(F)c1cccc(-c2nc3ccccc3s2)c1. The Kier molecular flexibility index (Phi) is 2.78. The molecule has 2 aromatic carbocycles. The maximum atomic E-state index is 12.7. The lowest BCUT2D eigenvalue weighted by Crippen LogP contribution is -2.04. The predicted molar refractivity (Wildman–Crippen MR) is 70.1 cm³/mol. The van der Waals surface area contributed by atoms with Crippen LogP contribution in [0.4, 0.5) is 13.2 Å². The van der Waals surface area contributed by atoms with E-state index in [1.54, 1.807) is 6.07 Å². The van der Waals surface area contributed by atoms with E-state index in [0.29, 0.717) is 10.6 Å². The first-order valence-electron chi connectivity index (χ1n) is 5.57. The lowest BCUT2D eigenvalue weighted by atomic mass is 10.1. The second kappa shape index (κ2) is 4.35. The third-order valence-corrected chi connectivity index (χ3v) is 3.82. The largest absolute Gasteiger partial charge is 0.416 e. The Morgan fingerprint density at radius 3 is 2.47 bits per heavy atom. The first kappa shape index (κ1) is 12.2. The Morgan fingerprint density at radius 2 is 1.74 bits per heavy atom. The van der Waals surface area contributed by atoms with Crippen molar-refractivity contribution in [3.8, 4) is 10.6 Å². The zero-order chi connectivity index (χ0) is 13.5. The molecule has 0 amide bonds. The van der Waals surface area contributed by atoms with Crippen LogP contribution in [-0.2, 0) is 6.18 Å². The van der Waals surface area contributed by atoms with Gasteiger partial charge in [-0.2, -0.15) is 13.2 Å². The van der Waals surface area contributed by atoms with Crippen molar-refractivity contribution in [1.29, 1.82) is 0 Å². The maximum Gasteiger partial charge on any atom is 0.416 e. The van der Waals surface area contributed by atoms with Crippen LogP contribution in [0.15, 0.2) is 48.5 Å². The van der Waals surface area contributed by atoms with Gasteiger partial charge in [0.1, 0.15) is 5.01 Å². The third-order valence-electron chi connectivity index (χ3n) is 2.73. The number of para-hydroxylation sites is 1. The van der Waals surface area contributed by atoms with Gasteiger partial charge in [-0.25, -0.2) is 4.98 Å². The first-order chi connectivity index (χ1) is 9.04. The molecule has 0 aliphatic carbocycles. The van der Waals surface area contributed by atoms with E-state index in [0.717, 1.165) is 22.3 Å². The lowest BCUT2D eigenvalue weighted by Gasteiger charge is -2.07. The molecule has 19 heavy (non-hydrogen) atoms. The number of hydrogen-bond acceptors (Lipinski definition) is 2. The molecule has 5 heteroatoms. The van der Waals surface area contributed by atoms with Crippen LogP contribution in [0.2, 0.25) is 0 Å². The van der Waals surface area contributed by atoms with Gasteiger partial charge in [0, 0.05) is 5.56 Å². The van der Waals surface area contributed by atoms with Crippen LogP contribution in [0.3, 0.4) is 0 Å². The molecule has 96 valence electrons. The maximum absolute atomic E-state index is 12.7. The number of aromatic nitrogens is 1. The molecule has 0 aliphatic heterocycles. The topological polar surface area (TPSA) is 12.9 Å². The van der Waals surface area contributed by atoms with Gasteiger partial charge in [-0.05, 0) is 24.3 Å². The minimum absolute atomic E-state index is 0.496. The summed E-state index contributed by atoms with van der Waals surface area (Å²) < 4.78 is 39.0. The Morgan fingerprint density at radius 1 is 0.947 bits per heavy atom. The molecule has 1 nitrogen and oxygen atoms in total. The van der Waals surface area contributed by atoms with E-state index in [2.05, 4.69) is 4.98 Å². The van der Waals surface area contributed by atoms with E-state index >= 15 is 0 Å². The number of rotatable bonds is 1. The van der Waals surface area contributed by atoms with Crippen molar-refractivity contribution in [3.05, 3.63) is 54.1 Å². The molecule has 0 unspecified atom stereocenters. The van der Waals surface area contributed by atoms with Crippen molar-refractivity contribution in [3.63, 3.8) is 0 Å². The minimum Gasteiger partial charge on any atom is -0.236 e. The van der Waals surface area contributed by atoms with Gasteiger partial charge in [0.25, 0.3) is 0 Å². The minimum atomic E-state index is -4.33. The van der Waals surface area contributed by atoms with Gasteiger partial charge < -0.3 is 0 Å². The van der Waals surface area contributed by atoms with Gasteiger partial charge >= 0.3 is 6.18 Å². The van der Waals surface area contributed by atoms with Crippen LogP contribution in [-0.4, -0.2) is 4.98 Å². The number of halogens is 3. The molecule has 0 bridgehead atoms. The second-order valence-corrected chi connectivity index (χ2v) is 5.10. The highest BCUT2D eigenvalue weighted by molar-refractivity contribution is 7.21. The smallest absolute Gasteiger partial charge is 0.236 e. The van der Waals surface area contributed by atoms with E-state index in [4.69, 9.17) is 0 Å². The summed E-state index contributed by atoms with van der Waals surface area (Å²) in [7, 11) is 0. The molecular formula is C14H8F3NS. The van der Waals surface area contributed by atoms with E-state index in [1.807, 2.05) is 24.3 Å². The molecule has 3 aromatic rings. The van der Waals surface area contributed by atoms with Gasteiger partial charge in [0.2, 0.25) is 0 Å². The summed E-state index contributed by atoms with van der Waals surface area (Å²) in [5.41, 5.74) is 0.653. The van der Waals surface area contributed by atoms with Gasteiger partial charge in [-0.1, -0.05) is 24.3 Å². The summed E-state index contributed by atoms with van der Waals surface area (Å²) in [5, 5.41) is 0.604. The van der Waals surface area contributed by atoms with Crippen LogP contribution in [0.1, 0.15) is 5.56 Å². The molecule has 0 fully saturated rings. The zero-order valence-electron chi connectivity index (χ0n) is 9.61. The molecule has 0 N–H and O–H groups in total. The lowest BCUT2D eigenvalue weighted by molar-refractivity contribution is -0.137. The van der Waals surface area contributed by atoms with Crippen molar-refractivity contribution in [1.82, 2.24) is 4.98 Å². The van der Waals surface area contributed by atoms with Crippen LogP contribution in [0.5, 0.6) is 0 Å². The fourth-order valence-corrected chi connectivity index (χ4v) is 2.79. The second-order valence-electron chi connectivity index (χ2n) is 4.07. The predicted octanol–water partition coefficient (Wildman–Crippen LogP) is 4.98. The first-order valence-corrected chi connectivity index (χ1v) is 6.39. The normalized spacial score (nSPS) is 11.9. The molecule has 0 aliphatic rings. The molecule has 0 radical (unpaired) electrons. The molecule has 0 saturated heterocycles. The summed E-state index contributed by atoms with van der Waals surface area (Å²) in [4.78, 5) is 4.36. The average Bonchev–Trinajstić information content (AvgIpc) is 2.81. The standard InChI is InChI=1S/C14H8F3NS/c15-14(16,17)10-5-3-4-9(8-10)13-18-11-6-1-2-7-12(11)19-13/h1-8H. The summed E-state index contributed by atoms with van der Waals surface area (Å²) in [6.45, 7) is 0. The fourth-order valence-electron chi connectivity index (χ4n) is 1.82. The van der Waals surface area contributed by atoms with Crippen LogP contribution < -0.4 is 0 Å². The van der Waals surface area contributed by atoms with Gasteiger partial charge in [-0.3, -0.25) is 0 Å². The zero-order valence-corrected chi connectivity index (χ0v) is 10.4.